The molecule has 2 rings (SSSR count). The third kappa shape index (κ3) is 4.66. The molecule has 0 aliphatic rings. The second-order valence-electron chi connectivity index (χ2n) is 4.72. The largest absolute Gasteiger partial charge is 0.399 e. The first-order valence-electron chi connectivity index (χ1n) is 6.65. The summed E-state index contributed by atoms with van der Waals surface area (Å²) in [6, 6.07) is 7.64. The number of hydrogen-bond acceptors (Lipinski definition) is 4. The number of aromatic nitrogens is 1. The maximum Gasteiger partial charge on any atom is 0.220 e. The Labute approximate surface area is 123 Å². The Kier molecular flexibility index (Phi) is 5.12. The minimum absolute atomic E-state index is 0.0788. The molecule has 5 heteroatoms. The molecule has 0 fully saturated rings. The number of nitrogens with zero attached hydrogens (tertiary/aromatic N) is 1. The third-order valence-electron chi connectivity index (χ3n) is 2.95. The van der Waals surface area contributed by atoms with Crippen molar-refractivity contribution >= 4 is 22.9 Å². The van der Waals surface area contributed by atoms with E-state index < -0.39 is 0 Å². The van der Waals surface area contributed by atoms with Crippen molar-refractivity contribution in [2.45, 2.75) is 26.2 Å². The van der Waals surface area contributed by atoms with Gasteiger partial charge in [0.05, 0.1) is 5.01 Å². The van der Waals surface area contributed by atoms with Gasteiger partial charge in [0.1, 0.15) is 0 Å². The van der Waals surface area contributed by atoms with Gasteiger partial charge in [-0.05, 0) is 31.0 Å². The van der Waals surface area contributed by atoms with Crippen LogP contribution in [0.4, 0.5) is 5.69 Å². The van der Waals surface area contributed by atoms with Gasteiger partial charge in [0, 0.05) is 36.1 Å². The van der Waals surface area contributed by atoms with E-state index in [9.17, 15) is 4.79 Å². The Morgan fingerprint density at radius 1 is 1.30 bits per heavy atom. The fourth-order valence-electron chi connectivity index (χ4n) is 1.86. The third-order valence-corrected chi connectivity index (χ3v) is 3.97. The number of carbonyl (C=O) groups excluding carboxylic acids is 1. The van der Waals surface area contributed by atoms with Crippen molar-refractivity contribution in [3.63, 3.8) is 0 Å². The number of carbonyl (C=O) groups is 1. The summed E-state index contributed by atoms with van der Waals surface area (Å²) in [6.45, 7) is 2.62. The molecule has 1 aromatic heterocycles. The van der Waals surface area contributed by atoms with Crippen molar-refractivity contribution in [1.29, 1.82) is 0 Å². The summed E-state index contributed by atoms with van der Waals surface area (Å²) in [5.41, 5.74) is 8.54. The monoisotopic (exact) mass is 289 g/mol. The maximum absolute atomic E-state index is 11.7. The standard InChI is InChI=1S/C15H19N3OS/c1-11-10-20-15(18-11)8-9-17-14(19)7-4-12-2-5-13(16)6-3-12/h2-3,5-6,10H,4,7-9,16H2,1H3,(H,17,19). The Balaban J connectivity index is 1.66. The predicted octanol–water partition coefficient (Wildman–Crippen LogP) is 2.33. The van der Waals surface area contributed by atoms with E-state index in [-0.39, 0.29) is 5.91 Å². The van der Waals surface area contributed by atoms with Crippen molar-refractivity contribution in [3.05, 3.63) is 45.9 Å². The highest BCUT2D eigenvalue weighted by Crippen LogP contribution is 2.09. The Bertz CT molecular complexity index is 563. The van der Waals surface area contributed by atoms with Gasteiger partial charge in [0.25, 0.3) is 0 Å². The molecule has 0 saturated heterocycles. The van der Waals surface area contributed by atoms with Gasteiger partial charge in [-0.1, -0.05) is 12.1 Å². The number of nitrogens with one attached hydrogen (secondary N) is 1. The lowest BCUT2D eigenvalue weighted by Gasteiger charge is -2.04. The molecule has 106 valence electrons. The summed E-state index contributed by atoms with van der Waals surface area (Å²) in [5, 5.41) is 6.02. The summed E-state index contributed by atoms with van der Waals surface area (Å²) in [6.07, 6.45) is 2.04. The molecule has 4 nitrogen and oxygen atoms in total. The van der Waals surface area contributed by atoms with Crippen molar-refractivity contribution in [2.24, 2.45) is 0 Å². The van der Waals surface area contributed by atoms with Crippen molar-refractivity contribution in [2.75, 3.05) is 12.3 Å². The molecular formula is C15H19N3OS. The number of nitrogens with two attached hydrogens (primary N) is 1. The Hall–Kier alpha value is -1.88. The first-order chi connectivity index (χ1) is 9.63. The smallest absolute Gasteiger partial charge is 0.220 e. The van der Waals surface area contributed by atoms with E-state index in [1.165, 1.54) is 0 Å². The minimum atomic E-state index is 0.0788. The van der Waals surface area contributed by atoms with E-state index in [1.54, 1.807) is 11.3 Å². The quantitative estimate of drug-likeness (QED) is 0.802. The zero-order chi connectivity index (χ0) is 14.4. The molecule has 0 radical (unpaired) electrons. The van der Waals surface area contributed by atoms with Gasteiger partial charge < -0.3 is 11.1 Å². The molecule has 1 amide bonds. The molecule has 0 spiro atoms. The van der Waals surface area contributed by atoms with E-state index in [4.69, 9.17) is 5.73 Å². The second kappa shape index (κ2) is 7.05. The van der Waals surface area contributed by atoms with Crippen LogP contribution in [0.3, 0.4) is 0 Å². The number of rotatable bonds is 6. The topological polar surface area (TPSA) is 68.0 Å². The average Bonchev–Trinajstić information content (AvgIpc) is 2.84. The van der Waals surface area contributed by atoms with Crippen molar-refractivity contribution in [1.82, 2.24) is 10.3 Å². The first-order valence-corrected chi connectivity index (χ1v) is 7.53. The molecular weight excluding hydrogens is 270 g/mol. The molecule has 2 aromatic rings. The number of amides is 1. The van der Waals surface area contributed by atoms with Crippen LogP contribution in [0.25, 0.3) is 0 Å². The van der Waals surface area contributed by atoms with Gasteiger partial charge in [-0.3, -0.25) is 4.79 Å². The maximum atomic E-state index is 11.7. The van der Waals surface area contributed by atoms with Gasteiger partial charge in [-0.25, -0.2) is 4.98 Å². The lowest BCUT2D eigenvalue weighted by atomic mass is 10.1. The molecule has 0 saturated carbocycles. The molecule has 0 aliphatic carbocycles. The fraction of sp³-hybridized carbons (Fsp3) is 0.333. The van der Waals surface area contributed by atoms with Gasteiger partial charge >= 0.3 is 0 Å². The van der Waals surface area contributed by atoms with Crippen LogP contribution in [0.1, 0.15) is 22.7 Å². The number of anilines is 1. The van der Waals surface area contributed by atoms with Crippen LogP contribution in [0, 0.1) is 6.92 Å². The van der Waals surface area contributed by atoms with Gasteiger partial charge in [0.2, 0.25) is 5.91 Å². The fourth-order valence-corrected chi connectivity index (χ4v) is 2.63. The van der Waals surface area contributed by atoms with E-state index in [0.717, 1.165) is 34.8 Å². The minimum Gasteiger partial charge on any atom is -0.399 e. The molecule has 0 atom stereocenters. The molecule has 1 aromatic carbocycles. The number of thiazole rings is 1. The summed E-state index contributed by atoms with van der Waals surface area (Å²) in [7, 11) is 0. The predicted molar refractivity (Wildman–Crippen MR) is 82.7 cm³/mol. The van der Waals surface area contributed by atoms with Gasteiger partial charge in [-0.15, -0.1) is 11.3 Å². The normalized spacial score (nSPS) is 10.4. The second-order valence-corrected chi connectivity index (χ2v) is 5.67. The highest BCUT2D eigenvalue weighted by molar-refractivity contribution is 7.09. The van der Waals surface area contributed by atoms with Crippen LogP contribution >= 0.6 is 11.3 Å². The Morgan fingerprint density at radius 3 is 2.70 bits per heavy atom. The Morgan fingerprint density at radius 2 is 2.05 bits per heavy atom. The van der Waals surface area contributed by atoms with E-state index in [0.29, 0.717) is 13.0 Å². The SMILES string of the molecule is Cc1csc(CCNC(=O)CCc2ccc(N)cc2)n1. The van der Waals surface area contributed by atoms with Crippen molar-refractivity contribution in [3.8, 4) is 0 Å². The number of hydrogen-bond donors (Lipinski definition) is 2. The highest BCUT2D eigenvalue weighted by atomic mass is 32.1. The zero-order valence-corrected chi connectivity index (χ0v) is 12.4. The van der Waals surface area contributed by atoms with Gasteiger partial charge in [0.15, 0.2) is 0 Å². The average molecular weight is 289 g/mol. The number of benzene rings is 1. The van der Waals surface area contributed by atoms with Gasteiger partial charge in [-0.2, -0.15) is 0 Å². The van der Waals surface area contributed by atoms with Crippen LogP contribution in [0.15, 0.2) is 29.6 Å². The molecule has 1 heterocycles. The summed E-state index contributed by atoms with van der Waals surface area (Å²) in [4.78, 5) is 16.1. The first kappa shape index (κ1) is 14.5. The molecule has 0 unspecified atom stereocenters. The lowest BCUT2D eigenvalue weighted by molar-refractivity contribution is -0.121. The van der Waals surface area contributed by atoms with Crippen LogP contribution < -0.4 is 11.1 Å². The number of aryl methyl sites for hydroxylation is 2. The van der Waals surface area contributed by atoms with E-state index >= 15 is 0 Å². The summed E-state index contributed by atoms with van der Waals surface area (Å²) < 4.78 is 0. The van der Waals surface area contributed by atoms with Crippen LogP contribution in [0.2, 0.25) is 0 Å². The molecule has 20 heavy (non-hydrogen) atoms. The number of nitrogen functional groups attached to an aromatic ring is 1. The summed E-state index contributed by atoms with van der Waals surface area (Å²) in [5.74, 6) is 0.0788. The van der Waals surface area contributed by atoms with Crippen molar-refractivity contribution < 1.29 is 4.79 Å². The van der Waals surface area contributed by atoms with E-state index in [1.807, 2.05) is 36.6 Å². The molecule has 0 aliphatic heterocycles. The highest BCUT2D eigenvalue weighted by Gasteiger charge is 2.03. The lowest BCUT2D eigenvalue weighted by Crippen LogP contribution is -2.25. The van der Waals surface area contributed by atoms with Crippen LogP contribution in [-0.4, -0.2) is 17.4 Å². The summed E-state index contributed by atoms with van der Waals surface area (Å²) >= 11 is 1.64. The zero-order valence-electron chi connectivity index (χ0n) is 11.6. The van der Waals surface area contributed by atoms with Crippen LogP contribution in [-0.2, 0) is 17.6 Å². The van der Waals surface area contributed by atoms with E-state index in [2.05, 4.69) is 10.3 Å². The molecule has 3 N–H and O–H groups in total. The molecule has 0 bridgehead atoms. The van der Waals surface area contributed by atoms with Crippen LogP contribution in [0.5, 0.6) is 0 Å².